The molecular formula is C12H14N2O. The van der Waals surface area contributed by atoms with Crippen LogP contribution in [0.1, 0.15) is 17.3 Å². The largest absolute Gasteiger partial charge is 0.373 e. The van der Waals surface area contributed by atoms with E-state index < -0.39 is 0 Å². The topological polar surface area (TPSA) is 41.5 Å². The fraction of sp³-hybridized carbons (Fsp3) is 0.333. The number of ketones is 1. The first-order chi connectivity index (χ1) is 7.27. The number of hydrogen-bond donors (Lipinski definition) is 1. The third-order valence-corrected chi connectivity index (χ3v) is 2.58. The zero-order valence-corrected chi connectivity index (χ0v) is 8.73. The predicted molar refractivity (Wildman–Crippen MR) is 60.2 cm³/mol. The summed E-state index contributed by atoms with van der Waals surface area (Å²) in [5.41, 5.74) is 0.777. The van der Waals surface area contributed by atoms with Crippen molar-refractivity contribution in [2.45, 2.75) is 6.92 Å². The van der Waals surface area contributed by atoms with Gasteiger partial charge in [0.15, 0.2) is 5.78 Å². The smallest absolute Gasteiger partial charge is 0.169 e. The molecule has 0 aliphatic carbocycles. The number of carbonyl (C=O) groups excluding carboxylic acids is 1. The normalized spacial score (nSPS) is 20.3. The van der Waals surface area contributed by atoms with Gasteiger partial charge in [-0.15, -0.1) is 0 Å². The van der Waals surface area contributed by atoms with Crippen LogP contribution >= 0.6 is 0 Å². The fourth-order valence-electron chi connectivity index (χ4n) is 1.65. The van der Waals surface area contributed by atoms with Crippen molar-refractivity contribution < 1.29 is 4.79 Å². The third-order valence-electron chi connectivity index (χ3n) is 2.58. The molecule has 1 aromatic rings. The van der Waals surface area contributed by atoms with Gasteiger partial charge in [-0.1, -0.05) is 30.3 Å². The molecular weight excluding hydrogens is 188 g/mol. The van der Waals surface area contributed by atoms with Crippen molar-refractivity contribution in [1.82, 2.24) is 5.32 Å². The second-order valence-electron chi connectivity index (χ2n) is 3.73. The summed E-state index contributed by atoms with van der Waals surface area (Å²) in [6, 6.07) is 9.40. The summed E-state index contributed by atoms with van der Waals surface area (Å²) in [4.78, 5) is 16.2. The Morgan fingerprint density at radius 1 is 1.40 bits per heavy atom. The molecule has 1 N–H and O–H groups in total. The van der Waals surface area contributed by atoms with Crippen LogP contribution in [0.5, 0.6) is 0 Å². The standard InChI is InChI=1S/C12H14N2O/c1-9-13-7-11(8-14-9)12(15)10-5-3-2-4-6-10/h2-6,11H,7-8H2,1H3,(H,13,14). The average molecular weight is 202 g/mol. The second-order valence-corrected chi connectivity index (χ2v) is 3.73. The van der Waals surface area contributed by atoms with Crippen molar-refractivity contribution in [1.29, 1.82) is 0 Å². The molecule has 0 radical (unpaired) electrons. The van der Waals surface area contributed by atoms with E-state index >= 15 is 0 Å². The van der Waals surface area contributed by atoms with Crippen LogP contribution in [0, 0.1) is 5.92 Å². The van der Waals surface area contributed by atoms with E-state index in [1.807, 2.05) is 37.3 Å². The van der Waals surface area contributed by atoms with Crippen LogP contribution in [0.2, 0.25) is 0 Å². The van der Waals surface area contributed by atoms with Crippen LogP contribution in [0.25, 0.3) is 0 Å². The van der Waals surface area contributed by atoms with Crippen LogP contribution in [0.15, 0.2) is 35.3 Å². The lowest BCUT2D eigenvalue weighted by molar-refractivity contribution is 0.0924. The number of amidine groups is 1. The number of carbonyl (C=O) groups is 1. The van der Waals surface area contributed by atoms with Crippen LogP contribution in [-0.2, 0) is 0 Å². The highest BCUT2D eigenvalue weighted by atomic mass is 16.1. The predicted octanol–water partition coefficient (Wildman–Crippen LogP) is 1.51. The van der Waals surface area contributed by atoms with Gasteiger partial charge >= 0.3 is 0 Å². The van der Waals surface area contributed by atoms with E-state index in [0.29, 0.717) is 13.1 Å². The van der Waals surface area contributed by atoms with Gasteiger partial charge in [0.25, 0.3) is 0 Å². The molecule has 1 aromatic carbocycles. The van der Waals surface area contributed by atoms with Crippen LogP contribution in [0.4, 0.5) is 0 Å². The summed E-state index contributed by atoms with van der Waals surface area (Å²) in [7, 11) is 0. The first-order valence-electron chi connectivity index (χ1n) is 5.11. The maximum Gasteiger partial charge on any atom is 0.169 e. The average Bonchev–Trinajstić information content (AvgIpc) is 2.30. The van der Waals surface area contributed by atoms with Gasteiger partial charge in [-0.3, -0.25) is 9.79 Å². The van der Waals surface area contributed by atoms with Crippen molar-refractivity contribution in [3.8, 4) is 0 Å². The Morgan fingerprint density at radius 3 is 2.73 bits per heavy atom. The monoisotopic (exact) mass is 202 g/mol. The molecule has 0 saturated carbocycles. The molecule has 0 aromatic heterocycles. The lowest BCUT2D eigenvalue weighted by atomic mass is 9.97. The number of nitrogens with one attached hydrogen (secondary N) is 1. The van der Waals surface area contributed by atoms with Gasteiger partial charge in [0, 0.05) is 12.1 Å². The summed E-state index contributed by atoms with van der Waals surface area (Å²) >= 11 is 0. The van der Waals surface area contributed by atoms with Crippen LogP contribution < -0.4 is 5.32 Å². The van der Waals surface area contributed by atoms with E-state index in [4.69, 9.17) is 0 Å². The van der Waals surface area contributed by atoms with E-state index in [1.54, 1.807) is 0 Å². The summed E-state index contributed by atoms with van der Waals surface area (Å²) in [6.07, 6.45) is 0. The molecule has 1 atom stereocenters. The van der Waals surface area contributed by atoms with Crippen molar-refractivity contribution in [3.63, 3.8) is 0 Å². The lowest BCUT2D eigenvalue weighted by Crippen LogP contribution is -2.38. The number of hydrogen-bond acceptors (Lipinski definition) is 3. The van der Waals surface area contributed by atoms with Gasteiger partial charge in [-0.25, -0.2) is 0 Å². The molecule has 1 unspecified atom stereocenters. The van der Waals surface area contributed by atoms with Gasteiger partial charge in [-0.05, 0) is 6.92 Å². The van der Waals surface area contributed by atoms with Crippen molar-refractivity contribution >= 4 is 11.6 Å². The quantitative estimate of drug-likeness (QED) is 0.738. The first-order valence-corrected chi connectivity index (χ1v) is 5.11. The highest BCUT2D eigenvalue weighted by molar-refractivity contribution is 5.99. The lowest BCUT2D eigenvalue weighted by Gasteiger charge is -2.20. The molecule has 0 saturated heterocycles. The highest BCUT2D eigenvalue weighted by Gasteiger charge is 2.21. The molecule has 0 fully saturated rings. The van der Waals surface area contributed by atoms with Crippen molar-refractivity contribution in [2.75, 3.05) is 13.1 Å². The Bertz CT molecular complexity index is 384. The fourth-order valence-corrected chi connectivity index (χ4v) is 1.65. The summed E-state index contributed by atoms with van der Waals surface area (Å²) in [5, 5.41) is 3.11. The maximum absolute atomic E-state index is 12.0. The van der Waals surface area contributed by atoms with E-state index in [0.717, 1.165) is 11.4 Å². The minimum atomic E-state index is -0.0175. The molecule has 1 heterocycles. The Kier molecular flexibility index (Phi) is 2.81. The van der Waals surface area contributed by atoms with E-state index in [9.17, 15) is 4.79 Å². The zero-order valence-electron chi connectivity index (χ0n) is 8.73. The minimum Gasteiger partial charge on any atom is -0.373 e. The SMILES string of the molecule is CC1=NCC(C(=O)c2ccccc2)CN1. The van der Waals surface area contributed by atoms with Crippen LogP contribution in [-0.4, -0.2) is 24.7 Å². The second kappa shape index (κ2) is 4.26. The molecule has 0 bridgehead atoms. The van der Waals surface area contributed by atoms with Crippen molar-refractivity contribution in [3.05, 3.63) is 35.9 Å². The van der Waals surface area contributed by atoms with Gasteiger partial charge in [0.2, 0.25) is 0 Å². The molecule has 78 valence electrons. The van der Waals surface area contributed by atoms with Gasteiger partial charge < -0.3 is 5.32 Å². The van der Waals surface area contributed by atoms with Crippen LogP contribution in [0.3, 0.4) is 0 Å². The number of rotatable bonds is 2. The first kappa shape index (κ1) is 9.90. The Hall–Kier alpha value is -1.64. The van der Waals surface area contributed by atoms with E-state index in [1.165, 1.54) is 0 Å². The molecule has 1 aliphatic rings. The molecule has 3 nitrogen and oxygen atoms in total. The van der Waals surface area contributed by atoms with Gasteiger partial charge in [-0.2, -0.15) is 0 Å². The number of benzene rings is 1. The number of aliphatic imine (C=N–C) groups is 1. The van der Waals surface area contributed by atoms with Gasteiger partial charge in [0.05, 0.1) is 18.3 Å². The molecule has 15 heavy (non-hydrogen) atoms. The maximum atomic E-state index is 12.0. The summed E-state index contributed by atoms with van der Waals surface area (Å²) < 4.78 is 0. The van der Waals surface area contributed by atoms with Crippen molar-refractivity contribution in [2.24, 2.45) is 10.9 Å². The number of Topliss-reactive ketones (excluding diaryl/α,β-unsaturated/α-hetero) is 1. The highest BCUT2D eigenvalue weighted by Crippen LogP contribution is 2.11. The third kappa shape index (κ3) is 2.24. The zero-order chi connectivity index (χ0) is 10.7. The molecule has 0 amide bonds. The molecule has 1 aliphatic heterocycles. The summed E-state index contributed by atoms with van der Waals surface area (Å²) in [5.74, 6) is 1.09. The molecule has 0 spiro atoms. The molecule has 3 heteroatoms. The van der Waals surface area contributed by atoms with Gasteiger partial charge in [0.1, 0.15) is 0 Å². The van der Waals surface area contributed by atoms with E-state index in [-0.39, 0.29) is 11.7 Å². The Morgan fingerprint density at radius 2 is 2.13 bits per heavy atom. The summed E-state index contributed by atoms with van der Waals surface area (Å²) in [6.45, 7) is 3.22. The number of nitrogens with zero attached hydrogens (tertiary/aromatic N) is 1. The Balaban J connectivity index is 2.10. The minimum absolute atomic E-state index is 0.0175. The Labute approximate surface area is 89.2 Å². The van der Waals surface area contributed by atoms with E-state index in [2.05, 4.69) is 10.3 Å². The molecule has 2 rings (SSSR count).